The van der Waals surface area contributed by atoms with Crippen LogP contribution in [-0.2, 0) is 18.3 Å². The number of hydrogen-bond donors (Lipinski definition) is 1. The van der Waals surface area contributed by atoms with Gasteiger partial charge in [-0.1, -0.05) is 17.4 Å². The molecular formula is C18H19IN2O2S. The van der Waals surface area contributed by atoms with Gasteiger partial charge in [0, 0.05) is 25.8 Å². The lowest BCUT2D eigenvalue weighted by atomic mass is 10.1. The van der Waals surface area contributed by atoms with Gasteiger partial charge in [-0.15, -0.1) is 0 Å². The lowest BCUT2D eigenvalue weighted by Crippen LogP contribution is -3.00. The van der Waals surface area contributed by atoms with Crippen LogP contribution < -0.4 is 33.4 Å². The van der Waals surface area contributed by atoms with Crippen molar-refractivity contribution in [3.8, 4) is 10.6 Å². The summed E-state index contributed by atoms with van der Waals surface area (Å²) in [5, 5.41) is 10.1. The van der Waals surface area contributed by atoms with E-state index in [2.05, 4.69) is 33.7 Å². The van der Waals surface area contributed by atoms with Crippen LogP contribution in [0.2, 0.25) is 0 Å². The van der Waals surface area contributed by atoms with Gasteiger partial charge in [0.25, 0.3) is 5.01 Å². The molecule has 0 bridgehead atoms. The molecular weight excluding hydrogens is 435 g/mol. The Balaban J connectivity index is 0.00000208. The zero-order valence-electron chi connectivity index (χ0n) is 13.8. The predicted molar refractivity (Wildman–Crippen MR) is 94.1 cm³/mol. The summed E-state index contributed by atoms with van der Waals surface area (Å²) in [5.74, 6) is -0.801. The van der Waals surface area contributed by atoms with E-state index in [0.29, 0.717) is 0 Å². The van der Waals surface area contributed by atoms with Crippen molar-refractivity contribution in [2.75, 3.05) is 19.0 Å². The molecule has 0 unspecified atom stereocenters. The van der Waals surface area contributed by atoms with Crippen LogP contribution >= 0.6 is 11.3 Å². The van der Waals surface area contributed by atoms with Gasteiger partial charge in [-0.05, 0) is 35.9 Å². The number of benzene rings is 2. The van der Waals surface area contributed by atoms with E-state index in [-0.39, 0.29) is 30.4 Å². The number of halogens is 1. The number of aryl methyl sites for hydroxylation is 1. The second kappa shape index (κ2) is 7.48. The summed E-state index contributed by atoms with van der Waals surface area (Å²) >= 11 is 1.69. The third kappa shape index (κ3) is 3.70. The second-order valence-corrected chi connectivity index (χ2v) is 6.81. The summed E-state index contributed by atoms with van der Waals surface area (Å²) in [6.45, 7) is 0. The monoisotopic (exact) mass is 454 g/mol. The highest BCUT2D eigenvalue weighted by Crippen LogP contribution is 2.30. The van der Waals surface area contributed by atoms with Crippen LogP contribution in [0.4, 0.5) is 5.69 Å². The van der Waals surface area contributed by atoms with Gasteiger partial charge in [-0.2, -0.15) is 4.57 Å². The maximum atomic E-state index is 10.9. The number of rotatable bonds is 4. The minimum atomic E-state index is -0.801. The Morgan fingerprint density at radius 1 is 1.17 bits per heavy atom. The number of hydrogen-bond acceptors (Lipinski definition) is 3. The van der Waals surface area contributed by atoms with Crippen LogP contribution in [-0.4, -0.2) is 25.2 Å². The van der Waals surface area contributed by atoms with Gasteiger partial charge in [0.15, 0.2) is 0 Å². The highest BCUT2D eigenvalue weighted by Gasteiger charge is 2.19. The van der Waals surface area contributed by atoms with Gasteiger partial charge in [0.2, 0.25) is 5.52 Å². The smallest absolute Gasteiger partial charge is 0.307 e. The molecule has 1 N–H and O–H groups in total. The molecule has 126 valence electrons. The van der Waals surface area contributed by atoms with Gasteiger partial charge >= 0.3 is 5.97 Å². The Hall–Kier alpha value is -1.67. The van der Waals surface area contributed by atoms with Crippen molar-refractivity contribution in [3.63, 3.8) is 0 Å². The summed E-state index contributed by atoms with van der Waals surface area (Å²) in [7, 11) is 6.10. The van der Waals surface area contributed by atoms with Crippen LogP contribution in [0.1, 0.15) is 5.56 Å². The number of fused-ring (bicyclic) bond motifs is 1. The van der Waals surface area contributed by atoms with Crippen LogP contribution in [0.15, 0.2) is 42.5 Å². The molecule has 24 heavy (non-hydrogen) atoms. The summed E-state index contributed by atoms with van der Waals surface area (Å²) in [6.07, 6.45) is 0.0599. The van der Waals surface area contributed by atoms with Crippen molar-refractivity contribution in [1.82, 2.24) is 0 Å². The minimum Gasteiger partial charge on any atom is -1.00 e. The molecule has 0 fully saturated rings. The number of thiazole rings is 1. The second-order valence-electron chi connectivity index (χ2n) is 5.78. The molecule has 1 heterocycles. The number of aliphatic carboxylic acids is 1. The summed E-state index contributed by atoms with van der Waals surface area (Å²) in [6, 6.07) is 14.3. The molecule has 2 aromatic carbocycles. The Morgan fingerprint density at radius 2 is 1.83 bits per heavy atom. The van der Waals surface area contributed by atoms with E-state index in [4.69, 9.17) is 5.11 Å². The highest BCUT2D eigenvalue weighted by molar-refractivity contribution is 7.21. The lowest BCUT2D eigenvalue weighted by molar-refractivity contribution is -0.629. The fourth-order valence-electron chi connectivity index (χ4n) is 2.64. The predicted octanol–water partition coefficient (Wildman–Crippen LogP) is 0.0899. The number of anilines is 1. The van der Waals surface area contributed by atoms with Gasteiger partial charge in [-0.3, -0.25) is 4.79 Å². The Labute approximate surface area is 162 Å². The zero-order valence-corrected chi connectivity index (χ0v) is 16.8. The van der Waals surface area contributed by atoms with Crippen LogP contribution in [0.3, 0.4) is 0 Å². The number of aromatic nitrogens is 1. The number of carboxylic acids is 1. The van der Waals surface area contributed by atoms with E-state index in [1.807, 2.05) is 39.3 Å². The molecule has 0 amide bonds. The van der Waals surface area contributed by atoms with Crippen LogP contribution in [0.25, 0.3) is 20.8 Å². The molecule has 0 aliphatic rings. The maximum Gasteiger partial charge on any atom is 0.307 e. The first-order valence-electron chi connectivity index (χ1n) is 7.36. The quantitative estimate of drug-likeness (QED) is 0.449. The molecule has 0 spiro atoms. The Morgan fingerprint density at radius 3 is 2.42 bits per heavy atom. The fourth-order valence-corrected chi connectivity index (χ4v) is 3.86. The summed E-state index contributed by atoms with van der Waals surface area (Å²) < 4.78 is 3.27. The molecule has 0 saturated carbocycles. The van der Waals surface area contributed by atoms with Gasteiger partial charge in [0.05, 0.1) is 12.0 Å². The van der Waals surface area contributed by atoms with E-state index in [1.165, 1.54) is 11.3 Å². The van der Waals surface area contributed by atoms with Crippen molar-refractivity contribution in [2.24, 2.45) is 7.05 Å². The average molecular weight is 454 g/mol. The van der Waals surface area contributed by atoms with E-state index >= 15 is 0 Å². The Bertz CT molecular complexity index is 873. The molecule has 0 atom stereocenters. The maximum absolute atomic E-state index is 10.9. The fraction of sp³-hybridized carbons (Fsp3) is 0.222. The summed E-state index contributed by atoms with van der Waals surface area (Å²) in [5.41, 5.74) is 4.29. The van der Waals surface area contributed by atoms with Gasteiger partial charge in [-0.25, -0.2) is 0 Å². The van der Waals surface area contributed by atoms with E-state index < -0.39 is 5.97 Å². The topological polar surface area (TPSA) is 44.4 Å². The van der Waals surface area contributed by atoms with Gasteiger partial charge < -0.3 is 34.0 Å². The highest BCUT2D eigenvalue weighted by atomic mass is 127. The van der Waals surface area contributed by atoms with Crippen molar-refractivity contribution < 1.29 is 38.4 Å². The van der Waals surface area contributed by atoms with Crippen LogP contribution in [0.5, 0.6) is 0 Å². The molecule has 4 nitrogen and oxygen atoms in total. The average Bonchev–Trinajstić information content (AvgIpc) is 2.83. The van der Waals surface area contributed by atoms with E-state index in [0.717, 1.165) is 20.8 Å². The first kappa shape index (κ1) is 18.7. The van der Waals surface area contributed by atoms with E-state index in [9.17, 15) is 4.79 Å². The standard InChI is InChI=1S/C18H18N2O2S.HI/c1-19(2)14-7-5-13(6-8-14)18-20(3)15-9-4-12(11-17(21)22)10-16(15)23-18;/h4-10H,11H2,1-3H3;1H. The molecule has 0 radical (unpaired) electrons. The molecule has 3 rings (SSSR count). The number of nitrogens with zero attached hydrogens (tertiary/aromatic N) is 2. The zero-order chi connectivity index (χ0) is 16.6. The normalized spacial score (nSPS) is 10.5. The minimum absolute atomic E-state index is 0. The van der Waals surface area contributed by atoms with E-state index in [1.54, 1.807) is 11.3 Å². The van der Waals surface area contributed by atoms with Crippen LogP contribution in [0, 0.1) is 0 Å². The third-order valence-electron chi connectivity index (χ3n) is 3.88. The molecule has 0 saturated heterocycles. The molecule has 1 aromatic heterocycles. The van der Waals surface area contributed by atoms with Crippen molar-refractivity contribution in [3.05, 3.63) is 48.0 Å². The number of carboxylic acid groups (broad SMARTS) is 1. The number of carbonyl (C=O) groups is 1. The SMILES string of the molecule is CN(C)c1ccc(-c2sc3cc(CC(=O)O)ccc3[n+]2C)cc1.[I-]. The van der Waals surface area contributed by atoms with Crippen molar-refractivity contribution in [1.29, 1.82) is 0 Å². The first-order chi connectivity index (χ1) is 11.0. The van der Waals surface area contributed by atoms with Gasteiger partial charge in [0.1, 0.15) is 11.7 Å². The molecule has 0 aliphatic carbocycles. The van der Waals surface area contributed by atoms with Crippen molar-refractivity contribution in [2.45, 2.75) is 6.42 Å². The lowest BCUT2D eigenvalue weighted by Gasteiger charge is -2.11. The first-order valence-corrected chi connectivity index (χ1v) is 8.18. The molecule has 6 heteroatoms. The Kier molecular flexibility index (Phi) is 5.82. The largest absolute Gasteiger partial charge is 1.00 e. The third-order valence-corrected chi connectivity index (χ3v) is 5.13. The summed E-state index contributed by atoms with van der Waals surface area (Å²) in [4.78, 5) is 13.0. The van der Waals surface area contributed by atoms with Crippen molar-refractivity contribution >= 4 is 33.2 Å². The molecule has 3 aromatic rings. The molecule has 0 aliphatic heterocycles.